The van der Waals surface area contributed by atoms with Crippen LogP contribution in [0.2, 0.25) is 0 Å². The molecule has 0 unspecified atom stereocenters. The molecule has 10 aromatic rings. The van der Waals surface area contributed by atoms with E-state index in [4.69, 9.17) is 18.9 Å². The average molecular weight is 1360 g/mol. The van der Waals surface area contributed by atoms with Crippen LogP contribution in [0.5, 0.6) is 17.2 Å². The quantitative estimate of drug-likeness (QED) is 0.0339. The van der Waals surface area contributed by atoms with Crippen LogP contribution in [0.4, 0.5) is 14.4 Å². The Morgan fingerprint density at radius 1 is 0.363 bits per heavy atom. The second kappa shape index (κ2) is 35.6. The van der Waals surface area contributed by atoms with Gasteiger partial charge in [-0.3, -0.25) is 0 Å². The molecule has 1 aliphatic carbocycles. The molecule has 0 bridgehead atoms. The standard InChI is InChI=1S/C89H90N6O7/c1-99-78-46-40-74(41-47-78)84(71-20-12-6-13-21-71)82(52-55-90-87(96)93-62-63-16-8-4-9-17-63)69-32-24-64(25-33-69)67-30-38-73(39-31-67)86(76-44-50-80(101-3)51-45-76)83(53-56-91-88(97)94-77-22-14-7-15-23-77)70-34-26-65(27-35-70)66-28-36-72(37-29-66)85(75-42-48-79(100-2)49-43-75)81(68-18-10-5-11-19-68)54-57-92-89(98)95-58-60-102-61-59-95/h4-6,8-13,16-21,24-51,77H,7,14-15,22-23,52-62H2,1-3H3,(H,92,98)(H2,90,93,96)(H2,91,94,97)/b84-82-,85-81-,86-83-. The summed E-state index contributed by atoms with van der Waals surface area (Å²) in [6.07, 6.45) is 7.14. The minimum atomic E-state index is -0.227. The summed E-state index contributed by atoms with van der Waals surface area (Å²) in [5.74, 6) is 2.29. The van der Waals surface area contributed by atoms with Gasteiger partial charge in [-0.05, 0) is 180 Å². The van der Waals surface area contributed by atoms with Gasteiger partial charge in [-0.1, -0.05) is 244 Å². The fourth-order valence-corrected chi connectivity index (χ4v) is 13.8. The zero-order valence-corrected chi connectivity index (χ0v) is 58.5. The number of benzene rings is 10. The molecule has 0 radical (unpaired) electrons. The molecule has 1 aliphatic heterocycles. The van der Waals surface area contributed by atoms with Crippen molar-refractivity contribution in [2.45, 2.75) is 64.0 Å². The first-order valence-electron chi connectivity index (χ1n) is 35.5. The highest BCUT2D eigenvalue weighted by molar-refractivity contribution is 6.02. The van der Waals surface area contributed by atoms with Gasteiger partial charge in [0, 0.05) is 45.3 Å². The number of hydrogen-bond donors (Lipinski definition) is 5. The normalized spacial score (nSPS) is 13.9. The van der Waals surface area contributed by atoms with Crippen molar-refractivity contribution in [1.29, 1.82) is 0 Å². The number of nitrogens with one attached hydrogen (secondary N) is 5. The number of hydrogen-bond acceptors (Lipinski definition) is 7. The second-order valence-corrected chi connectivity index (χ2v) is 25.7. The smallest absolute Gasteiger partial charge is 0.317 e. The van der Waals surface area contributed by atoms with Gasteiger partial charge in [0.25, 0.3) is 0 Å². The third-order valence-corrected chi connectivity index (χ3v) is 19.2. The van der Waals surface area contributed by atoms with E-state index < -0.39 is 0 Å². The lowest BCUT2D eigenvalue weighted by Gasteiger charge is -2.27. The number of urea groups is 3. The summed E-state index contributed by atoms with van der Waals surface area (Å²) >= 11 is 0. The first-order chi connectivity index (χ1) is 50.2. The van der Waals surface area contributed by atoms with E-state index in [2.05, 4.69) is 209 Å². The monoisotopic (exact) mass is 1350 g/mol. The van der Waals surface area contributed by atoms with Gasteiger partial charge in [0.15, 0.2) is 0 Å². The number of rotatable bonds is 26. The van der Waals surface area contributed by atoms with E-state index in [0.29, 0.717) is 71.7 Å². The SMILES string of the molecule is COc1ccc(/C(=C(/CCNC(=O)NCc2ccccc2)c2ccc(-c3ccc(/C(=C(\CCNC(=O)NC4CCCCC4)c4ccc(-c5ccc(/C(=C(\CCNC(=O)N6CCOCC6)c6ccccc6)c6ccc(OC)cc6)cc5)cc4)c4ccc(OC)cc4)cc3)cc2)c2ccccc2)cc1. The van der Waals surface area contributed by atoms with E-state index in [9.17, 15) is 14.4 Å². The zero-order valence-electron chi connectivity index (χ0n) is 58.5. The van der Waals surface area contributed by atoms with Gasteiger partial charge >= 0.3 is 18.1 Å². The molecule has 5 N–H and O–H groups in total. The molecule has 1 saturated carbocycles. The van der Waals surface area contributed by atoms with Crippen LogP contribution in [0.3, 0.4) is 0 Å². The third kappa shape index (κ3) is 18.5. The number of methoxy groups -OCH3 is 3. The third-order valence-electron chi connectivity index (χ3n) is 19.2. The van der Waals surface area contributed by atoms with E-state index in [1.165, 1.54) is 6.42 Å². The first-order valence-corrected chi connectivity index (χ1v) is 35.5. The Balaban J connectivity index is 0.874. The Hall–Kier alpha value is -11.4. The molecule has 13 nitrogen and oxygen atoms in total. The average Bonchev–Trinajstić information content (AvgIpc) is 0.796. The molecule has 0 atom stereocenters. The number of ether oxygens (including phenoxy) is 4. The molecule has 1 heterocycles. The molecular formula is C89H90N6O7. The first kappa shape index (κ1) is 70.5. The van der Waals surface area contributed by atoms with Gasteiger partial charge in [0.1, 0.15) is 17.2 Å². The van der Waals surface area contributed by atoms with Crippen molar-refractivity contribution in [3.63, 3.8) is 0 Å². The highest BCUT2D eigenvalue weighted by Crippen LogP contribution is 2.41. The van der Waals surface area contributed by atoms with Crippen molar-refractivity contribution in [2.24, 2.45) is 0 Å². The lowest BCUT2D eigenvalue weighted by molar-refractivity contribution is 0.0533. The van der Waals surface area contributed by atoms with Crippen molar-refractivity contribution in [1.82, 2.24) is 31.5 Å². The van der Waals surface area contributed by atoms with Crippen molar-refractivity contribution in [3.05, 3.63) is 316 Å². The van der Waals surface area contributed by atoms with Crippen LogP contribution in [0.25, 0.3) is 55.7 Å². The number of nitrogens with zero attached hydrogens (tertiary/aromatic N) is 1. The summed E-state index contributed by atoms with van der Waals surface area (Å²) < 4.78 is 22.5. The van der Waals surface area contributed by atoms with Crippen molar-refractivity contribution < 1.29 is 33.3 Å². The van der Waals surface area contributed by atoms with E-state index in [1.807, 2.05) is 83.8 Å². The number of amides is 6. The predicted molar refractivity (Wildman–Crippen MR) is 413 cm³/mol. The molecular weight excluding hydrogens is 1270 g/mol. The molecule has 13 heteroatoms. The number of carbonyl (C=O) groups is 3. The summed E-state index contributed by atoms with van der Waals surface area (Å²) in [7, 11) is 5.04. The summed E-state index contributed by atoms with van der Waals surface area (Å²) in [5, 5.41) is 15.9. The van der Waals surface area contributed by atoms with Gasteiger partial charge in [0.2, 0.25) is 0 Å². The molecule has 2 aliphatic rings. The maximum atomic E-state index is 13.7. The maximum Gasteiger partial charge on any atom is 0.317 e. The minimum absolute atomic E-state index is 0.0806. The molecule has 12 rings (SSSR count). The van der Waals surface area contributed by atoms with Gasteiger partial charge in [-0.25, -0.2) is 14.4 Å². The summed E-state index contributed by atoms with van der Waals surface area (Å²) in [4.78, 5) is 42.1. The molecule has 2 fully saturated rings. The summed E-state index contributed by atoms with van der Waals surface area (Å²) in [5.41, 5.74) is 21.1. The van der Waals surface area contributed by atoms with Gasteiger partial charge in [0.05, 0.1) is 34.5 Å². The Morgan fingerprint density at radius 3 is 1.08 bits per heavy atom. The van der Waals surface area contributed by atoms with Crippen molar-refractivity contribution in [3.8, 4) is 39.5 Å². The van der Waals surface area contributed by atoms with Crippen LogP contribution >= 0.6 is 0 Å². The Labute approximate surface area is 600 Å². The van der Waals surface area contributed by atoms with Crippen LogP contribution < -0.4 is 40.8 Å². The summed E-state index contributed by atoms with van der Waals surface area (Å²) in [6.45, 7) is 3.91. The molecule has 10 aromatic carbocycles. The topological polar surface area (TPSA) is 152 Å². The fraction of sp³-hybridized carbons (Fsp3) is 0.225. The predicted octanol–water partition coefficient (Wildman–Crippen LogP) is 18.3. The molecule has 6 amide bonds. The minimum Gasteiger partial charge on any atom is -0.497 e. The van der Waals surface area contributed by atoms with Gasteiger partial charge in [-0.15, -0.1) is 0 Å². The highest BCUT2D eigenvalue weighted by Gasteiger charge is 2.23. The molecule has 1 saturated heterocycles. The van der Waals surface area contributed by atoms with Crippen LogP contribution in [0.15, 0.2) is 261 Å². The van der Waals surface area contributed by atoms with E-state index >= 15 is 0 Å². The molecule has 518 valence electrons. The van der Waals surface area contributed by atoms with Crippen LogP contribution in [0.1, 0.15) is 107 Å². The van der Waals surface area contributed by atoms with Crippen LogP contribution in [-0.4, -0.2) is 96.3 Å². The van der Waals surface area contributed by atoms with Crippen LogP contribution in [-0.2, 0) is 11.3 Å². The van der Waals surface area contributed by atoms with Crippen molar-refractivity contribution >= 4 is 51.5 Å². The number of morpholine rings is 1. The van der Waals surface area contributed by atoms with E-state index in [-0.39, 0.29) is 24.1 Å². The lowest BCUT2D eigenvalue weighted by atomic mass is 9.86. The Morgan fingerprint density at radius 2 is 0.686 bits per heavy atom. The van der Waals surface area contributed by atoms with Gasteiger partial charge in [-0.2, -0.15) is 0 Å². The summed E-state index contributed by atoms with van der Waals surface area (Å²) in [6, 6.07) is 90.2. The number of carbonyl (C=O) groups excluding carboxylic acids is 3. The molecule has 0 spiro atoms. The van der Waals surface area contributed by atoms with Crippen molar-refractivity contribution in [2.75, 3.05) is 67.3 Å². The fourth-order valence-electron chi connectivity index (χ4n) is 13.8. The van der Waals surface area contributed by atoms with Crippen LogP contribution in [0, 0.1) is 0 Å². The van der Waals surface area contributed by atoms with Gasteiger partial charge < -0.3 is 50.4 Å². The molecule has 0 aromatic heterocycles. The Bertz CT molecular complexity index is 4460. The zero-order chi connectivity index (χ0) is 70.2. The Kier molecular flexibility index (Phi) is 24.6. The maximum absolute atomic E-state index is 13.7. The molecule has 102 heavy (non-hydrogen) atoms. The van der Waals surface area contributed by atoms with E-state index in [0.717, 1.165) is 154 Å². The van der Waals surface area contributed by atoms with E-state index in [1.54, 1.807) is 21.3 Å². The lowest BCUT2D eigenvalue weighted by Crippen LogP contribution is -2.46. The largest absolute Gasteiger partial charge is 0.497 e. The second-order valence-electron chi connectivity index (χ2n) is 25.7. The highest BCUT2D eigenvalue weighted by atomic mass is 16.5.